The molecule has 0 saturated carbocycles. The lowest BCUT2D eigenvalue weighted by atomic mass is 9.86. The lowest BCUT2D eigenvalue weighted by molar-refractivity contribution is 0.589. The van der Waals surface area contributed by atoms with E-state index in [0.717, 1.165) is 78.2 Å². The topological polar surface area (TPSA) is 34.0 Å². The molecule has 0 spiro atoms. The van der Waals surface area contributed by atoms with Crippen LogP contribution in [0.4, 0.5) is 17.1 Å². The number of para-hydroxylation sites is 2. The number of anilines is 3. The first-order chi connectivity index (χ1) is 29.4. The Labute approximate surface area is 351 Å². The fourth-order valence-corrected chi connectivity index (χ4v) is 8.40. The Kier molecular flexibility index (Phi) is 9.38. The predicted molar refractivity (Wildman–Crippen MR) is 251 cm³/mol. The molecule has 7 aromatic carbocycles. The quantitative estimate of drug-likeness (QED) is 0.154. The second kappa shape index (κ2) is 15.3. The van der Waals surface area contributed by atoms with Gasteiger partial charge in [0, 0.05) is 57.0 Å². The van der Waals surface area contributed by atoms with Gasteiger partial charge in [0.15, 0.2) is 0 Å². The summed E-state index contributed by atoms with van der Waals surface area (Å²) < 4.78 is 2.38. The molecule has 0 radical (unpaired) electrons. The number of rotatable bonds is 8. The fourth-order valence-electron chi connectivity index (χ4n) is 8.40. The van der Waals surface area contributed by atoms with Gasteiger partial charge in [-0.3, -0.25) is 9.97 Å². The molecule has 0 atom stereocenters. The van der Waals surface area contributed by atoms with E-state index in [-0.39, 0.29) is 5.41 Å². The Hall–Kier alpha value is -7.56. The molecular weight excluding hydrogens is 729 g/mol. The van der Waals surface area contributed by atoms with Crippen molar-refractivity contribution in [1.29, 1.82) is 0 Å². The van der Waals surface area contributed by atoms with Crippen LogP contribution in [0.3, 0.4) is 0 Å². The van der Waals surface area contributed by atoms with Crippen LogP contribution in [0, 0.1) is 0 Å². The summed E-state index contributed by atoms with van der Waals surface area (Å²) in [5.41, 5.74) is 16.4. The molecule has 4 heteroatoms. The molecule has 0 bridgehead atoms. The molecule has 10 rings (SSSR count). The van der Waals surface area contributed by atoms with Crippen molar-refractivity contribution in [1.82, 2.24) is 14.5 Å². The highest BCUT2D eigenvalue weighted by atomic mass is 15.1. The number of hydrogen-bond acceptors (Lipinski definition) is 3. The van der Waals surface area contributed by atoms with Crippen LogP contribution in [0.25, 0.3) is 72.3 Å². The second-order valence-corrected chi connectivity index (χ2v) is 16.4. The molecule has 0 N–H and O–H groups in total. The average molecular weight is 773 g/mol. The highest BCUT2D eigenvalue weighted by Gasteiger charge is 2.21. The normalized spacial score (nSPS) is 11.6. The van der Waals surface area contributed by atoms with Crippen LogP contribution in [-0.4, -0.2) is 14.5 Å². The van der Waals surface area contributed by atoms with E-state index in [1.807, 2.05) is 12.4 Å². The van der Waals surface area contributed by atoms with Crippen molar-refractivity contribution in [2.45, 2.75) is 26.2 Å². The van der Waals surface area contributed by atoms with Gasteiger partial charge >= 0.3 is 0 Å². The summed E-state index contributed by atoms with van der Waals surface area (Å²) in [7, 11) is 0. The molecule has 4 nitrogen and oxygen atoms in total. The molecule has 3 heterocycles. The van der Waals surface area contributed by atoms with E-state index in [0.29, 0.717) is 0 Å². The molecule has 288 valence electrons. The monoisotopic (exact) mass is 772 g/mol. The van der Waals surface area contributed by atoms with Gasteiger partial charge in [0.05, 0.1) is 22.4 Å². The summed E-state index contributed by atoms with van der Waals surface area (Å²) in [4.78, 5) is 12.4. The summed E-state index contributed by atoms with van der Waals surface area (Å²) in [6, 6.07) is 71.5. The Morgan fingerprint density at radius 2 is 1.02 bits per heavy atom. The van der Waals surface area contributed by atoms with Crippen molar-refractivity contribution in [3.05, 3.63) is 218 Å². The number of pyridine rings is 2. The zero-order chi connectivity index (χ0) is 40.6. The maximum Gasteiger partial charge on any atom is 0.0802 e. The summed E-state index contributed by atoms with van der Waals surface area (Å²) >= 11 is 0. The first kappa shape index (κ1) is 36.8. The van der Waals surface area contributed by atoms with E-state index < -0.39 is 0 Å². The van der Waals surface area contributed by atoms with Gasteiger partial charge in [0.2, 0.25) is 0 Å². The van der Waals surface area contributed by atoms with Gasteiger partial charge in [-0.25, -0.2) is 0 Å². The zero-order valence-electron chi connectivity index (χ0n) is 34.0. The number of aromatic nitrogens is 3. The number of benzene rings is 7. The van der Waals surface area contributed by atoms with Crippen LogP contribution < -0.4 is 4.90 Å². The predicted octanol–water partition coefficient (Wildman–Crippen LogP) is 15.0. The third-order valence-corrected chi connectivity index (χ3v) is 11.4. The molecule has 0 amide bonds. The van der Waals surface area contributed by atoms with E-state index in [2.05, 4.69) is 230 Å². The lowest BCUT2D eigenvalue weighted by Crippen LogP contribution is -2.12. The highest BCUT2D eigenvalue weighted by molar-refractivity contribution is 6.15. The Morgan fingerprint density at radius 3 is 1.73 bits per heavy atom. The minimum absolute atomic E-state index is 0.0114. The number of nitrogens with zero attached hydrogens (tertiary/aromatic N) is 4. The van der Waals surface area contributed by atoms with Crippen LogP contribution >= 0.6 is 0 Å². The second-order valence-electron chi connectivity index (χ2n) is 16.4. The maximum atomic E-state index is 5.16. The first-order valence-electron chi connectivity index (χ1n) is 20.6. The van der Waals surface area contributed by atoms with Crippen LogP contribution in [0.2, 0.25) is 0 Å². The van der Waals surface area contributed by atoms with Crippen molar-refractivity contribution in [2.24, 2.45) is 0 Å². The SMILES string of the molecule is CC(C)(C)c1ccnc(-c2cc(-c3ccccc3)cc(N(c3ccccc3)c3cccc(-c4nccc5c4c4ccc(-c6ccccc6)cc4n5-c4ccccc4)c3)c2)c1. The summed E-state index contributed by atoms with van der Waals surface area (Å²) in [6.45, 7) is 6.75. The minimum atomic E-state index is -0.0114. The molecule has 0 fully saturated rings. The molecule has 0 aliphatic carbocycles. The zero-order valence-corrected chi connectivity index (χ0v) is 34.0. The Morgan fingerprint density at radius 1 is 0.417 bits per heavy atom. The van der Waals surface area contributed by atoms with E-state index in [1.54, 1.807) is 0 Å². The smallest absolute Gasteiger partial charge is 0.0802 e. The third kappa shape index (κ3) is 6.92. The Bertz CT molecular complexity index is 3110. The minimum Gasteiger partial charge on any atom is -0.310 e. The van der Waals surface area contributed by atoms with Crippen LogP contribution in [-0.2, 0) is 5.41 Å². The van der Waals surface area contributed by atoms with Gasteiger partial charge in [-0.05, 0) is 112 Å². The van der Waals surface area contributed by atoms with Crippen molar-refractivity contribution < 1.29 is 0 Å². The van der Waals surface area contributed by atoms with Gasteiger partial charge in [-0.2, -0.15) is 0 Å². The molecule has 0 saturated heterocycles. The van der Waals surface area contributed by atoms with Gasteiger partial charge < -0.3 is 9.47 Å². The summed E-state index contributed by atoms with van der Waals surface area (Å²) in [6.07, 6.45) is 3.89. The molecule has 0 unspecified atom stereocenters. The first-order valence-corrected chi connectivity index (χ1v) is 20.6. The standard InChI is InChI=1S/C56H44N4/c1-56(2,3)45-29-31-57-51(38-45)44-33-43(40-19-10-5-11-20-40)35-49(36-44)59(46-22-12-6-13-23-46)48-26-16-21-42(34-48)55-54-50-28-27-41(39-17-8-4-9-18-39)37-53(50)60(52(54)30-32-58-55)47-24-14-7-15-25-47/h4-38H,1-3H3. The fraction of sp³-hybridized carbons (Fsp3) is 0.0714. The van der Waals surface area contributed by atoms with Gasteiger partial charge in [0.1, 0.15) is 0 Å². The van der Waals surface area contributed by atoms with E-state index in [9.17, 15) is 0 Å². The van der Waals surface area contributed by atoms with Crippen LogP contribution in [0.1, 0.15) is 26.3 Å². The van der Waals surface area contributed by atoms with E-state index in [1.165, 1.54) is 16.7 Å². The van der Waals surface area contributed by atoms with E-state index in [4.69, 9.17) is 9.97 Å². The molecule has 3 aromatic heterocycles. The molecular formula is C56H44N4. The summed E-state index contributed by atoms with van der Waals surface area (Å²) in [5, 5.41) is 2.28. The molecule has 0 aliphatic heterocycles. The van der Waals surface area contributed by atoms with Crippen LogP contribution in [0.5, 0.6) is 0 Å². The van der Waals surface area contributed by atoms with Crippen molar-refractivity contribution in [3.63, 3.8) is 0 Å². The van der Waals surface area contributed by atoms with Crippen molar-refractivity contribution in [2.75, 3.05) is 4.90 Å². The van der Waals surface area contributed by atoms with Crippen molar-refractivity contribution >= 4 is 38.9 Å². The number of hydrogen-bond donors (Lipinski definition) is 0. The van der Waals surface area contributed by atoms with Crippen LogP contribution in [0.15, 0.2) is 213 Å². The maximum absolute atomic E-state index is 5.16. The van der Waals surface area contributed by atoms with Gasteiger partial charge in [0.25, 0.3) is 0 Å². The van der Waals surface area contributed by atoms with Gasteiger partial charge in [-0.1, -0.05) is 142 Å². The lowest BCUT2D eigenvalue weighted by Gasteiger charge is -2.27. The molecule has 0 aliphatic rings. The molecule has 60 heavy (non-hydrogen) atoms. The average Bonchev–Trinajstić information content (AvgIpc) is 3.64. The van der Waals surface area contributed by atoms with Crippen molar-refractivity contribution in [3.8, 4) is 50.5 Å². The van der Waals surface area contributed by atoms with Gasteiger partial charge in [-0.15, -0.1) is 0 Å². The summed E-state index contributed by atoms with van der Waals surface area (Å²) in [5.74, 6) is 0. The largest absolute Gasteiger partial charge is 0.310 e. The van der Waals surface area contributed by atoms with E-state index >= 15 is 0 Å². The number of fused-ring (bicyclic) bond motifs is 3. The third-order valence-electron chi connectivity index (χ3n) is 11.4. The molecule has 10 aromatic rings. The Balaban J connectivity index is 1.18. The highest BCUT2D eigenvalue weighted by Crippen LogP contribution is 2.43.